The minimum Gasteiger partial charge on any atom is -0.458 e. The molecule has 0 unspecified atom stereocenters. The van der Waals surface area contributed by atoms with Gasteiger partial charge in [0.15, 0.2) is 0 Å². The van der Waals surface area contributed by atoms with Crippen molar-refractivity contribution < 1.29 is 14.3 Å². The first kappa shape index (κ1) is 16.5. The predicted octanol–water partition coefficient (Wildman–Crippen LogP) is 1.88. The minimum atomic E-state index is -0.643. The van der Waals surface area contributed by atoms with E-state index in [1.54, 1.807) is 20.8 Å². The van der Waals surface area contributed by atoms with Gasteiger partial charge in [-0.3, -0.25) is 4.79 Å². The zero-order valence-electron chi connectivity index (χ0n) is 11.9. The number of esters is 1. The monoisotopic (exact) mass is 253 g/mol. The molecule has 4 heteroatoms. The number of amides is 1. The Morgan fingerprint density at radius 2 is 1.94 bits per heavy atom. The van der Waals surface area contributed by atoms with E-state index < -0.39 is 17.6 Å². The Morgan fingerprint density at radius 3 is 2.33 bits per heavy atom. The summed E-state index contributed by atoms with van der Waals surface area (Å²) in [5.41, 5.74) is -0.570. The largest absolute Gasteiger partial charge is 0.458 e. The molecule has 1 amide bonds. The van der Waals surface area contributed by atoms with Crippen LogP contribution in [0, 0.1) is 18.3 Å². The van der Waals surface area contributed by atoms with Gasteiger partial charge < -0.3 is 10.1 Å². The predicted molar refractivity (Wildman–Crippen MR) is 70.7 cm³/mol. The topological polar surface area (TPSA) is 55.4 Å². The van der Waals surface area contributed by atoms with Crippen LogP contribution >= 0.6 is 0 Å². The molecule has 0 aliphatic rings. The number of hydrogen-bond donors (Lipinski definition) is 1. The molecule has 0 saturated carbocycles. The van der Waals surface area contributed by atoms with Gasteiger partial charge in [-0.2, -0.15) is 0 Å². The zero-order valence-corrected chi connectivity index (χ0v) is 11.9. The molecular formula is C14H23NO3. The second kappa shape index (κ2) is 7.05. The summed E-state index contributed by atoms with van der Waals surface area (Å²) in [7, 11) is 0. The molecule has 0 aliphatic heterocycles. The molecule has 0 aromatic rings. The van der Waals surface area contributed by atoms with Crippen molar-refractivity contribution in [3.63, 3.8) is 0 Å². The van der Waals surface area contributed by atoms with E-state index in [1.165, 1.54) is 0 Å². The summed E-state index contributed by atoms with van der Waals surface area (Å²) in [6.45, 7) is 9.23. The van der Waals surface area contributed by atoms with Crippen LogP contribution in [0.2, 0.25) is 0 Å². The standard InChI is InChI=1S/C14H23NO3/c1-7-9-11(16)15-12(10(3)8-2)13(17)18-14(4,5)6/h1,10,12H,8-9H2,2-6H3,(H,15,16)/t10-,12-/m0/s1. The van der Waals surface area contributed by atoms with Crippen LogP contribution in [0.1, 0.15) is 47.5 Å². The van der Waals surface area contributed by atoms with Gasteiger partial charge in [-0.15, -0.1) is 6.42 Å². The molecule has 0 saturated heterocycles. The maximum Gasteiger partial charge on any atom is 0.329 e. The molecular weight excluding hydrogens is 230 g/mol. The SMILES string of the molecule is C#CCC(=O)N[C@H](C(=O)OC(C)(C)C)[C@@H](C)CC. The van der Waals surface area contributed by atoms with Gasteiger partial charge in [-0.05, 0) is 26.7 Å². The Bertz CT molecular complexity index is 336. The van der Waals surface area contributed by atoms with Crippen LogP contribution in [0.25, 0.3) is 0 Å². The molecule has 102 valence electrons. The molecule has 0 aliphatic carbocycles. The summed E-state index contributed by atoms with van der Waals surface area (Å²) in [5.74, 6) is 1.51. The lowest BCUT2D eigenvalue weighted by Gasteiger charge is -2.27. The van der Waals surface area contributed by atoms with Gasteiger partial charge in [0.1, 0.15) is 11.6 Å². The third kappa shape index (κ3) is 6.29. The lowest BCUT2D eigenvalue weighted by Crippen LogP contribution is -2.47. The van der Waals surface area contributed by atoms with Crippen molar-refractivity contribution in [2.45, 2.75) is 59.1 Å². The van der Waals surface area contributed by atoms with E-state index in [0.717, 1.165) is 6.42 Å². The van der Waals surface area contributed by atoms with E-state index >= 15 is 0 Å². The van der Waals surface area contributed by atoms with Crippen molar-refractivity contribution in [3.05, 3.63) is 0 Å². The molecule has 0 radical (unpaired) electrons. The first-order chi connectivity index (χ1) is 8.21. The maximum absolute atomic E-state index is 12.0. The molecule has 0 fully saturated rings. The highest BCUT2D eigenvalue weighted by Gasteiger charge is 2.30. The Hall–Kier alpha value is -1.50. The lowest BCUT2D eigenvalue weighted by atomic mass is 9.98. The minimum absolute atomic E-state index is 0.00146. The van der Waals surface area contributed by atoms with Gasteiger partial charge >= 0.3 is 5.97 Å². The van der Waals surface area contributed by atoms with Crippen LogP contribution in [-0.4, -0.2) is 23.5 Å². The normalized spacial score (nSPS) is 14.2. The quantitative estimate of drug-likeness (QED) is 0.601. The fourth-order valence-electron chi connectivity index (χ4n) is 1.35. The Morgan fingerprint density at radius 1 is 1.39 bits per heavy atom. The van der Waals surface area contributed by atoms with Crippen LogP contribution in [-0.2, 0) is 14.3 Å². The molecule has 4 nitrogen and oxygen atoms in total. The van der Waals surface area contributed by atoms with E-state index in [-0.39, 0.29) is 18.2 Å². The van der Waals surface area contributed by atoms with E-state index in [1.807, 2.05) is 13.8 Å². The number of hydrogen-bond acceptors (Lipinski definition) is 3. The zero-order chi connectivity index (χ0) is 14.3. The summed E-state index contributed by atoms with van der Waals surface area (Å²) in [6, 6.07) is -0.643. The Kier molecular flexibility index (Phi) is 6.46. The van der Waals surface area contributed by atoms with Gasteiger partial charge in [-0.25, -0.2) is 4.79 Å². The van der Waals surface area contributed by atoms with Crippen molar-refractivity contribution >= 4 is 11.9 Å². The van der Waals surface area contributed by atoms with Crippen molar-refractivity contribution in [1.82, 2.24) is 5.32 Å². The number of carbonyl (C=O) groups is 2. The number of carbonyl (C=O) groups excluding carboxylic acids is 2. The number of ether oxygens (including phenoxy) is 1. The van der Waals surface area contributed by atoms with Gasteiger partial charge in [-0.1, -0.05) is 26.2 Å². The highest BCUT2D eigenvalue weighted by molar-refractivity contribution is 5.85. The highest BCUT2D eigenvalue weighted by atomic mass is 16.6. The fraction of sp³-hybridized carbons (Fsp3) is 0.714. The lowest BCUT2D eigenvalue weighted by molar-refractivity contribution is -0.160. The Balaban J connectivity index is 4.74. The third-order valence-corrected chi connectivity index (χ3v) is 2.45. The third-order valence-electron chi connectivity index (χ3n) is 2.45. The first-order valence-corrected chi connectivity index (χ1v) is 6.17. The molecule has 0 spiro atoms. The van der Waals surface area contributed by atoms with Crippen molar-refractivity contribution in [1.29, 1.82) is 0 Å². The summed E-state index contributed by atoms with van der Waals surface area (Å²) < 4.78 is 5.30. The summed E-state index contributed by atoms with van der Waals surface area (Å²) in [5, 5.41) is 2.64. The molecule has 0 bridgehead atoms. The average Bonchev–Trinajstić information content (AvgIpc) is 2.22. The van der Waals surface area contributed by atoms with Gasteiger partial charge in [0, 0.05) is 0 Å². The molecule has 0 rings (SSSR count). The van der Waals surface area contributed by atoms with Crippen LogP contribution in [0.3, 0.4) is 0 Å². The maximum atomic E-state index is 12.0. The smallest absolute Gasteiger partial charge is 0.329 e. The van der Waals surface area contributed by atoms with E-state index in [9.17, 15) is 9.59 Å². The van der Waals surface area contributed by atoms with Crippen LogP contribution in [0.4, 0.5) is 0 Å². The molecule has 0 aromatic heterocycles. The molecule has 0 heterocycles. The van der Waals surface area contributed by atoms with E-state index in [0.29, 0.717) is 0 Å². The van der Waals surface area contributed by atoms with Crippen LogP contribution in [0.15, 0.2) is 0 Å². The van der Waals surface area contributed by atoms with E-state index in [4.69, 9.17) is 11.2 Å². The number of terminal acetylenes is 1. The van der Waals surface area contributed by atoms with Gasteiger partial charge in [0.2, 0.25) is 5.91 Å². The molecule has 0 aromatic carbocycles. The second-order valence-electron chi connectivity index (χ2n) is 5.35. The first-order valence-electron chi connectivity index (χ1n) is 6.17. The van der Waals surface area contributed by atoms with Crippen LogP contribution < -0.4 is 5.32 Å². The average molecular weight is 253 g/mol. The molecule has 2 atom stereocenters. The van der Waals surface area contributed by atoms with Gasteiger partial charge in [0.25, 0.3) is 0 Å². The van der Waals surface area contributed by atoms with Crippen LogP contribution in [0.5, 0.6) is 0 Å². The second-order valence-corrected chi connectivity index (χ2v) is 5.35. The van der Waals surface area contributed by atoms with Crippen molar-refractivity contribution in [2.75, 3.05) is 0 Å². The van der Waals surface area contributed by atoms with Crippen molar-refractivity contribution in [2.24, 2.45) is 5.92 Å². The van der Waals surface area contributed by atoms with Gasteiger partial charge in [0.05, 0.1) is 6.42 Å². The fourth-order valence-corrected chi connectivity index (χ4v) is 1.35. The van der Waals surface area contributed by atoms with E-state index in [2.05, 4.69) is 11.2 Å². The summed E-state index contributed by atoms with van der Waals surface area (Å²) in [4.78, 5) is 23.5. The Labute approximate surface area is 109 Å². The number of rotatable bonds is 5. The highest BCUT2D eigenvalue weighted by Crippen LogP contribution is 2.14. The number of nitrogens with one attached hydrogen (secondary N) is 1. The summed E-state index contributed by atoms with van der Waals surface area (Å²) in [6.07, 6.45) is 5.80. The molecule has 18 heavy (non-hydrogen) atoms. The summed E-state index contributed by atoms with van der Waals surface area (Å²) >= 11 is 0. The molecule has 1 N–H and O–H groups in total. The van der Waals surface area contributed by atoms with Crippen molar-refractivity contribution in [3.8, 4) is 12.3 Å².